The van der Waals surface area contributed by atoms with Gasteiger partial charge in [0.1, 0.15) is 0 Å². The van der Waals surface area contributed by atoms with Gasteiger partial charge in [0.2, 0.25) is 5.91 Å². The standard InChI is InChI=1S/C32H41N5O3/c1-22(2)30(33)31(38)37(32(39)34-21-27-17-11-12-23(3)36(27)4)28(19-25-15-9-6-10-16-25)29-20-26(35-40-29)18-24-13-7-5-8-14-24/h5-17,22-23,28-30H,18-21,33H2,1-4H3,(H,34,39)/t23?,28?,29?,30-/m0/s1. The van der Waals surface area contributed by atoms with Crippen LogP contribution in [0.2, 0.25) is 0 Å². The number of amides is 3. The number of nitrogens with two attached hydrogens (primary N) is 1. The lowest BCUT2D eigenvalue weighted by atomic mass is 9.93. The van der Waals surface area contributed by atoms with Crippen molar-refractivity contribution in [1.82, 2.24) is 15.1 Å². The van der Waals surface area contributed by atoms with E-state index < -0.39 is 30.1 Å². The molecule has 0 bridgehead atoms. The molecule has 3 unspecified atom stereocenters. The zero-order valence-electron chi connectivity index (χ0n) is 23.9. The van der Waals surface area contributed by atoms with Crippen molar-refractivity contribution in [3.63, 3.8) is 0 Å². The molecule has 2 heterocycles. The van der Waals surface area contributed by atoms with Gasteiger partial charge < -0.3 is 20.8 Å². The molecule has 3 N–H and O–H groups in total. The van der Waals surface area contributed by atoms with Gasteiger partial charge in [-0.25, -0.2) is 4.79 Å². The van der Waals surface area contributed by atoms with Crippen molar-refractivity contribution < 1.29 is 14.4 Å². The molecule has 40 heavy (non-hydrogen) atoms. The summed E-state index contributed by atoms with van der Waals surface area (Å²) in [7, 11) is 1.99. The molecule has 8 nitrogen and oxygen atoms in total. The lowest BCUT2D eigenvalue weighted by molar-refractivity contribution is -0.135. The van der Waals surface area contributed by atoms with Crippen LogP contribution in [-0.2, 0) is 22.5 Å². The van der Waals surface area contributed by atoms with Crippen molar-refractivity contribution in [3.8, 4) is 0 Å². The van der Waals surface area contributed by atoms with E-state index in [2.05, 4.69) is 40.5 Å². The number of hydrogen-bond donors (Lipinski definition) is 2. The third kappa shape index (κ3) is 7.18. The first-order valence-electron chi connectivity index (χ1n) is 14.0. The maximum atomic E-state index is 13.9. The highest BCUT2D eigenvalue weighted by molar-refractivity contribution is 5.98. The minimum Gasteiger partial charge on any atom is -0.390 e. The minimum absolute atomic E-state index is 0.146. The summed E-state index contributed by atoms with van der Waals surface area (Å²) in [6.07, 6.45) is 7.13. The Balaban J connectivity index is 1.60. The molecule has 0 saturated heterocycles. The molecule has 0 radical (unpaired) electrons. The summed E-state index contributed by atoms with van der Waals surface area (Å²) in [6.45, 7) is 6.13. The highest BCUT2D eigenvalue weighted by Gasteiger charge is 2.41. The number of hydrogen-bond acceptors (Lipinski definition) is 6. The molecule has 4 rings (SSSR count). The quantitative estimate of drug-likeness (QED) is 0.466. The van der Waals surface area contributed by atoms with Gasteiger partial charge in [-0.05, 0) is 36.5 Å². The number of urea groups is 1. The van der Waals surface area contributed by atoms with Crippen LogP contribution in [0.4, 0.5) is 4.79 Å². The Labute approximate surface area is 237 Å². The monoisotopic (exact) mass is 543 g/mol. The van der Waals surface area contributed by atoms with Gasteiger partial charge in [-0.15, -0.1) is 0 Å². The van der Waals surface area contributed by atoms with Crippen LogP contribution in [0.25, 0.3) is 0 Å². The summed E-state index contributed by atoms with van der Waals surface area (Å²) >= 11 is 0. The molecule has 2 aliphatic heterocycles. The van der Waals surface area contributed by atoms with E-state index in [1.807, 2.05) is 81.6 Å². The average molecular weight is 544 g/mol. The van der Waals surface area contributed by atoms with Crippen molar-refractivity contribution in [2.45, 2.75) is 64.3 Å². The first-order valence-corrected chi connectivity index (χ1v) is 14.0. The Hall–Kier alpha value is -3.91. The second-order valence-electron chi connectivity index (χ2n) is 11.0. The Morgan fingerprint density at radius 2 is 1.75 bits per heavy atom. The number of imide groups is 1. The minimum atomic E-state index is -0.838. The van der Waals surface area contributed by atoms with Crippen molar-refractivity contribution in [1.29, 1.82) is 0 Å². The molecule has 2 aromatic carbocycles. The van der Waals surface area contributed by atoms with E-state index in [1.165, 1.54) is 4.90 Å². The van der Waals surface area contributed by atoms with Crippen LogP contribution in [0.3, 0.4) is 0 Å². The molecule has 0 aliphatic carbocycles. The SMILES string of the molecule is CC(C)[C@H](N)C(=O)N(C(=O)NCC1=CC=CC(C)N1C)C(Cc1ccccc1)C1CC(Cc2ccccc2)=NO1. The second kappa shape index (κ2) is 13.4. The summed E-state index contributed by atoms with van der Waals surface area (Å²) in [5, 5.41) is 7.38. The summed E-state index contributed by atoms with van der Waals surface area (Å²) in [5.74, 6) is -0.569. The number of carbonyl (C=O) groups is 2. The van der Waals surface area contributed by atoms with E-state index in [0.717, 1.165) is 22.5 Å². The van der Waals surface area contributed by atoms with Crippen LogP contribution in [-0.4, -0.2) is 65.3 Å². The lowest BCUT2D eigenvalue weighted by Crippen LogP contribution is -2.60. The van der Waals surface area contributed by atoms with E-state index in [9.17, 15) is 9.59 Å². The third-order valence-corrected chi connectivity index (χ3v) is 7.68. The van der Waals surface area contributed by atoms with Crippen molar-refractivity contribution in [2.24, 2.45) is 16.8 Å². The van der Waals surface area contributed by atoms with Gasteiger partial charge in [0.25, 0.3) is 0 Å². The van der Waals surface area contributed by atoms with Crippen molar-refractivity contribution in [2.75, 3.05) is 13.6 Å². The summed E-state index contributed by atoms with van der Waals surface area (Å²) in [5.41, 5.74) is 10.3. The molecular weight excluding hydrogens is 502 g/mol. The second-order valence-corrected chi connectivity index (χ2v) is 11.0. The maximum Gasteiger partial charge on any atom is 0.324 e. The normalized spacial score (nSPS) is 19.9. The number of benzene rings is 2. The van der Waals surface area contributed by atoms with Gasteiger partial charge in [-0.1, -0.05) is 91.8 Å². The number of nitrogens with one attached hydrogen (secondary N) is 1. The van der Waals surface area contributed by atoms with Crippen molar-refractivity contribution >= 4 is 17.6 Å². The Morgan fingerprint density at radius 3 is 2.40 bits per heavy atom. The summed E-state index contributed by atoms with van der Waals surface area (Å²) in [4.78, 5) is 37.1. The molecule has 8 heteroatoms. The number of rotatable bonds is 10. The van der Waals surface area contributed by atoms with Gasteiger partial charge >= 0.3 is 6.03 Å². The first kappa shape index (κ1) is 29.1. The fourth-order valence-corrected chi connectivity index (χ4v) is 4.97. The third-order valence-electron chi connectivity index (χ3n) is 7.68. The highest BCUT2D eigenvalue weighted by atomic mass is 16.6. The molecule has 2 aromatic rings. The fourth-order valence-electron chi connectivity index (χ4n) is 4.97. The van der Waals surface area contributed by atoms with Crippen molar-refractivity contribution in [3.05, 3.63) is 95.7 Å². The van der Waals surface area contributed by atoms with Crippen LogP contribution >= 0.6 is 0 Å². The molecule has 2 aliphatic rings. The van der Waals surface area contributed by atoms with Crippen LogP contribution in [0.15, 0.2) is 89.7 Å². The molecule has 4 atom stereocenters. The van der Waals surface area contributed by atoms with Gasteiger partial charge in [-0.2, -0.15) is 0 Å². The Morgan fingerprint density at radius 1 is 1.10 bits per heavy atom. The van der Waals surface area contributed by atoms with Crippen LogP contribution in [0.5, 0.6) is 0 Å². The van der Waals surface area contributed by atoms with Gasteiger partial charge in [0.05, 0.1) is 24.3 Å². The highest BCUT2D eigenvalue weighted by Crippen LogP contribution is 2.25. The van der Waals surface area contributed by atoms with Gasteiger partial charge in [0, 0.05) is 31.6 Å². The topological polar surface area (TPSA) is 100 Å². The molecule has 0 saturated carbocycles. The van der Waals surface area contributed by atoms with E-state index in [0.29, 0.717) is 19.3 Å². The van der Waals surface area contributed by atoms with Crippen LogP contribution in [0, 0.1) is 5.92 Å². The van der Waals surface area contributed by atoms with Gasteiger partial charge in [-0.3, -0.25) is 9.69 Å². The lowest BCUT2D eigenvalue weighted by Gasteiger charge is -2.36. The molecule has 0 fully saturated rings. The molecule has 212 valence electrons. The number of likely N-dealkylation sites (N-methyl/N-ethyl adjacent to an activating group) is 1. The number of oxime groups is 1. The van der Waals surface area contributed by atoms with E-state index in [4.69, 9.17) is 10.6 Å². The van der Waals surface area contributed by atoms with Crippen LogP contribution < -0.4 is 11.1 Å². The Kier molecular flexibility index (Phi) is 9.77. The van der Waals surface area contributed by atoms with E-state index in [-0.39, 0.29) is 18.5 Å². The van der Waals surface area contributed by atoms with E-state index >= 15 is 0 Å². The zero-order chi connectivity index (χ0) is 28.6. The molecule has 0 aromatic heterocycles. The Bertz CT molecular complexity index is 1240. The first-order chi connectivity index (χ1) is 19.2. The number of nitrogens with zero attached hydrogens (tertiary/aromatic N) is 3. The smallest absolute Gasteiger partial charge is 0.324 e. The largest absolute Gasteiger partial charge is 0.390 e. The average Bonchev–Trinajstić information content (AvgIpc) is 3.42. The predicted molar refractivity (Wildman–Crippen MR) is 159 cm³/mol. The predicted octanol–water partition coefficient (Wildman–Crippen LogP) is 4.28. The van der Waals surface area contributed by atoms with E-state index in [1.54, 1.807) is 0 Å². The zero-order valence-corrected chi connectivity index (χ0v) is 23.9. The number of allylic oxidation sites excluding steroid dienone is 2. The summed E-state index contributed by atoms with van der Waals surface area (Å²) in [6, 6.07) is 18.2. The van der Waals surface area contributed by atoms with Crippen LogP contribution in [0.1, 0.15) is 38.3 Å². The fraction of sp³-hybridized carbons (Fsp3) is 0.406. The summed E-state index contributed by atoms with van der Waals surface area (Å²) < 4.78 is 0. The maximum absolute atomic E-state index is 13.9. The van der Waals surface area contributed by atoms with Gasteiger partial charge in [0.15, 0.2) is 6.10 Å². The number of carbonyl (C=O) groups excluding carboxylic acids is 2. The molecular formula is C32H41N5O3. The molecule has 0 spiro atoms. The molecule has 3 amide bonds.